The minimum atomic E-state index is -0.976. The first-order valence-corrected chi connectivity index (χ1v) is 16.4. The van der Waals surface area contributed by atoms with Crippen molar-refractivity contribution in [1.29, 1.82) is 0 Å². The zero-order chi connectivity index (χ0) is 32.8. The molecule has 2 aromatic carbocycles. The van der Waals surface area contributed by atoms with Crippen molar-refractivity contribution in [2.75, 3.05) is 53.0 Å². The summed E-state index contributed by atoms with van der Waals surface area (Å²) in [5.41, 5.74) is 10.6. The number of rotatable bonds is 11. The van der Waals surface area contributed by atoms with E-state index in [0.29, 0.717) is 59.0 Å². The number of nitrogens with zero attached hydrogens (tertiary/aromatic N) is 4. The summed E-state index contributed by atoms with van der Waals surface area (Å²) in [6.45, 7) is 8.12. The molecule has 0 aliphatic carbocycles. The largest absolute Gasteiger partial charge is 0.379 e. The number of morpholine rings is 1. The Hall–Kier alpha value is -3.48. The van der Waals surface area contributed by atoms with Crippen LogP contribution >= 0.6 is 23.2 Å². The van der Waals surface area contributed by atoms with Gasteiger partial charge in [0, 0.05) is 72.6 Å². The van der Waals surface area contributed by atoms with Crippen molar-refractivity contribution in [1.82, 2.24) is 30.2 Å². The van der Waals surface area contributed by atoms with E-state index in [-0.39, 0.29) is 12.5 Å². The summed E-state index contributed by atoms with van der Waals surface area (Å²) in [6.07, 6.45) is 2.25. The molecule has 246 valence electrons. The molecule has 0 saturated carbocycles. The van der Waals surface area contributed by atoms with E-state index < -0.39 is 11.8 Å². The second kappa shape index (κ2) is 15.4. The molecule has 3 heterocycles. The molecule has 0 unspecified atom stereocenters. The van der Waals surface area contributed by atoms with Crippen LogP contribution < -0.4 is 16.4 Å². The summed E-state index contributed by atoms with van der Waals surface area (Å²) in [7, 11) is 1.87. The van der Waals surface area contributed by atoms with Crippen LogP contribution in [0.2, 0.25) is 10.0 Å². The van der Waals surface area contributed by atoms with E-state index in [0.717, 1.165) is 68.1 Å². The second-order valence-corrected chi connectivity index (χ2v) is 12.6. The lowest BCUT2D eigenvalue weighted by Gasteiger charge is -2.33. The summed E-state index contributed by atoms with van der Waals surface area (Å²) < 4.78 is 7.62. The lowest BCUT2D eigenvalue weighted by molar-refractivity contribution is -0.144. The van der Waals surface area contributed by atoms with E-state index in [4.69, 9.17) is 38.8 Å². The zero-order valence-electron chi connectivity index (χ0n) is 26.3. The van der Waals surface area contributed by atoms with E-state index in [1.165, 1.54) is 4.90 Å². The standard InChI is InChI=1S/C33H41Cl2N7O4/c1-21-20-46-16-15-40(21)12-4-13-42-29-9-14-41(33(45)31(36)43)19-26(29)30(39-42)23-6-8-27(34)24(18-23)22-5-7-28(35)25(17-22)32(44)38-11-3-10-37-2/h5-8,17-18,21,37H,3-4,9-16,19-20H2,1-2H3,(H2,36,43)(H,38,44)/t21-/m0/s1. The van der Waals surface area contributed by atoms with Crippen molar-refractivity contribution in [2.24, 2.45) is 5.73 Å². The fraction of sp³-hybridized carbons (Fsp3) is 0.455. The quantitative estimate of drug-likeness (QED) is 0.211. The van der Waals surface area contributed by atoms with E-state index in [1.54, 1.807) is 18.2 Å². The number of ether oxygens (including phenoxy) is 1. The number of benzene rings is 2. The predicted molar refractivity (Wildman–Crippen MR) is 179 cm³/mol. The van der Waals surface area contributed by atoms with E-state index in [1.807, 2.05) is 29.9 Å². The van der Waals surface area contributed by atoms with Crippen LogP contribution in [0.3, 0.4) is 0 Å². The van der Waals surface area contributed by atoms with E-state index >= 15 is 0 Å². The van der Waals surface area contributed by atoms with Gasteiger partial charge in [-0.05, 0) is 63.2 Å². The minimum Gasteiger partial charge on any atom is -0.379 e. The molecule has 1 aromatic heterocycles. The van der Waals surface area contributed by atoms with Crippen molar-refractivity contribution in [3.05, 3.63) is 63.3 Å². The Bertz CT molecular complexity index is 1590. The molecule has 3 aromatic rings. The molecule has 0 bridgehead atoms. The Morgan fingerprint density at radius 1 is 1.02 bits per heavy atom. The molecule has 1 saturated heterocycles. The number of hydrogen-bond acceptors (Lipinski definition) is 7. The molecule has 11 nitrogen and oxygen atoms in total. The van der Waals surface area contributed by atoms with Crippen molar-refractivity contribution < 1.29 is 19.1 Å². The Labute approximate surface area is 279 Å². The number of fused-ring (bicyclic) bond motifs is 1. The number of carbonyl (C=O) groups excluding carboxylic acids is 3. The number of hydrogen-bond donors (Lipinski definition) is 3. The molecule has 1 atom stereocenters. The van der Waals surface area contributed by atoms with Crippen LogP contribution in [0.15, 0.2) is 36.4 Å². The third-order valence-electron chi connectivity index (χ3n) is 8.60. The van der Waals surface area contributed by atoms with Crippen LogP contribution in [0, 0.1) is 0 Å². The van der Waals surface area contributed by atoms with E-state index in [2.05, 4.69) is 22.5 Å². The molecule has 0 radical (unpaired) electrons. The van der Waals surface area contributed by atoms with Gasteiger partial charge in [0.15, 0.2) is 0 Å². The summed E-state index contributed by atoms with van der Waals surface area (Å²) in [6, 6.07) is 11.3. The number of primary amides is 1. The molecular weight excluding hydrogens is 629 g/mol. The van der Waals surface area contributed by atoms with Gasteiger partial charge in [-0.25, -0.2) is 0 Å². The lowest BCUT2D eigenvalue weighted by Crippen LogP contribution is -2.44. The lowest BCUT2D eigenvalue weighted by atomic mass is 9.96. The van der Waals surface area contributed by atoms with Gasteiger partial charge in [-0.3, -0.25) is 24.0 Å². The number of nitrogens with two attached hydrogens (primary N) is 1. The number of aromatic nitrogens is 2. The predicted octanol–water partition coefficient (Wildman–Crippen LogP) is 3.34. The first-order chi connectivity index (χ1) is 22.2. The second-order valence-electron chi connectivity index (χ2n) is 11.8. The zero-order valence-corrected chi connectivity index (χ0v) is 27.8. The maximum absolute atomic E-state index is 13.0. The van der Waals surface area contributed by atoms with Gasteiger partial charge >= 0.3 is 11.8 Å². The molecule has 46 heavy (non-hydrogen) atoms. The van der Waals surface area contributed by atoms with Crippen molar-refractivity contribution >= 4 is 40.9 Å². The highest BCUT2D eigenvalue weighted by Crippen LogP contribution is 2.37. The molecule has 13 heteroatoms. The Morgan fingerprint density at radius 2 is 1.80 bits per heavy atom. The number of amides is 3. The highest BCUT2D eigenvalue weighted by molar-refractivity contribution is 6.35. The monoisotopic (exact) mass is 669 g/mol. The molecule has 1 fully saturated rings. The Morgan fingerprint density at radius 3 is 2.57 bits per heavy atom. The van der Waals surface area contributed by atoms with Gasteiger partial charge in [0.25, 0.3) is 5.91 Å². The normalized spacial score (nSPS) is 16.7. The van der Waals surface area contributed by atoms with Crippen LogP contribution in [-0.2, 0) is 33.8 Å². The Kier molecular flexibility index (Phi) is 11.3. The Balaban J connectivity index is 1.45. The first-order valence-electron chi connectivity index (χ1n) is 15.7. The fourth-order valence-corrected chi connectivity index (χ4v) is 6.51. The topological polar surface area (TPSA) is 135 Å². The van der Waals surface area contributed by atoms with Crippen LogP contribution in [0.25, 0.3) is 22.4 Å². The van der Waals surface area contributed by atoms with Gasteiger partial charge < -0.3 is 26.0 Å². The average Bonchev–Trinajstić information content (AvgIpc) is 3.41. The highest BCUT2D eigenvalue weighted by Gasteiger charge is 2.30. The molecule has 5 rings (SSSR count). The van der Waals surface area contributed by atoms with E-state index in [9.17, 15) is 14.4 Å². The number of aryl methyl sites for hydroxylation is 1. The van der Waals surface area contributed by atoms with Crippen molar-refractivity contribution in [2.45, 2.75) is 45.3 Å². The minimum absolute atomic E-state index is 0.226. The number of carbonyl (C=O) groups is 3. The average molecular weight is 671 g/mol. The van der Waals surface area contributed by atoms with Gasteiger partial charge in [-0.2, -0.15) is 5.10 Å². The summed E-state index contributed by atoms with van der Waals surface area (Å²) >= 11 is 13.2. The van der Waals surface area contributed by atoms with Crippen LogP contribution in [0.1, 0.15) is 41.4 Å². The van der Waals surface area contributed by atoms with Gasteiger partial charge in [0.1, 0.15) is 0 Å². The summed E-state index contributed by atoms with van der Waals surface area (Å²) in [5, 5.41) is 11.9. The van der Waals surface area contributed by atoms with Crippen molar-refractivity contribution in [3.8, 4) is 22.4 Å². The maximum atomic E-state index is 13.0. The number of nitrogens with one attached hydrogen (secondary N) is 2. The van der Waals surface area contributed by atoms with Gasteiger partial charge in [0.2, 0.25) is 0 Å². The molecule has 0 spiro atoms. The molecule has 3 amide bonds. The fourth-order valence-electron chi connectivity index (χ4n) is 6.08. The van der Waals surface area contributed by atoms with Gasteiger partial charge in [-0.15, -0.1) is 0 Å². The highest BCUT2D eigenvalue weighted by atomic mass is 35.5. The van der Waals surface area contributed by atoms with Crippen LogP contribution in [-0.4, -0.2) is 96.3 Å². The summed E-state index contributed by atoms with van der Waals surface area (Å²) in [4.78, 5) is 41.2. The molecule has 2 aliphatic rings. The van der Waals surface area contributed by atoms with Gasteiger partial charge in [-0.1, -0.05) is 35.3 Å². The maximum Gasteiger partial charge on any atom is 0.311 e. The van der Waals surface area contributed by atoms with Gasteiger partial charge in [0.05, 0.1) is 36.0 Å². The van der Waals surface area contributed by atoms with Crippen LogP contribution in [0.4, 0.5) is 0 Å². The van der Waals surface area contributed by atoms with Crippen molar-refractivity contribution in [3.63, 3.8) is 0 Å². The SMILES string of the molecule is CNCCCNC(=O)c1cc(-c2cc(-c3nn(CCCN4CCOC[C@@H]4C)c4c3CN(C(=O)C(N)=O)CC4)ccc2Cl)ccc1Cl. The molecule has 4 N–H and O–H groups in total. The first kappa shape index (κ1) is 33.9. The third-order valence-corrected chi connectivity index (χ3v) is 9.26. The third kappa shape index (κ3) is 7.72. The molecule has 2 aliphatic heterocycles. The van der Waals surface area contributed by atoms with Crippen LogP contribution in [0.5, 0.6) is 0 Å². The summed E-state index contributed by atoms with van der Waals surface area (Å²) in [5.74, 6) is -1.94. The smallest absolute Gasteiger partial charge is 0.311 e. The number of halogens is 2. The molecular formula is C33H41Cl2N7O4.